The van der Waals surface area contributed by atoms with Crippen LogP contribution in [0.5, 0.6) is 17.2 Å². The molecule has 2 aromatic carbocycles. The fourth-order valence-electron chi connectivity index (χ4n) is 3.88. The lowest BCUT2D eigenvalue weighted by Gasteiger charge is -2.19. The second-order valence-corrected chi connectivity index (χ2v) is 7.81. The van der Waals surface area contributed by atoms with Gasteiger partial charge < -0.3 is 18.6 Å². The summed E-state index contributed by atoms with van der Waals surface area (Å²) >= 11 is 0. The van der Waals surface area contributed by atoms with Crippen molar-refractivity contribution in [2.75, 3.05) is 13.2 Å². The second kappa shape index (κ2) is 8.42. The van der Waals surface area contributed by atoms with Crippen LogP contribution in [0.1, 0.15) is 45.4 Å². The molecule has 3 aromatic rings. The van der Waals surface area contributed by atoms with Crippen LogP contribution in [-0.4, -0.2) is 19.3 Å². The summed E-state index contributed by atoms with van der Waals surface area (Å²) in [7, 11) is 0. The zero-order valence-electron chi connectivity index (χ0n) is 18.0. The third-order valence-corrected chi connectivity index (χ3v) is 5.18. The second-order valence-electron chi connectivity index (χ2n) is 7.81. The van der Waals surface area contributed by atoms with Crippen LogP contribution in [0.15, 0.2) is 39.5 Å². The molecule has 0 amide bonds. The van der Waals surface area contributed by atoms with Crippen LogP contribution >= 0.6 is 0 Å². The van der Waals surface area contributed by atoms with Crippen LogP contribution in [-0.2, 0) is 12.8 Å². The molecular formula is C25H28O5. The molecule has 4 rings (SSSR count). The molecule has 5 nitrogen and oxygen atoms in total. The Hall–Kier alpha value is -2.95. The molecule has 0 spiro atoms. The Kier molecular flexibility index (Phi) is 5.71. The van der Waals surface area contributed by atoms with E-state index in [-0.39, 0.29) is 11.5 Å². The van der Waals surface area contributed by atoms with Gasteiger partial charge in [0.15, 0.2) is 11.5 Å². The van der Waals surface area contributed by atoms with Gasteiger partial charge in [-0.2, -0.15) is 0 Å². The van der Waals surface area contributed by atoms with Crippen molar-refractivity contribution >= 4 is 11.0 Å². The van der Waals surface area contributed by atoms with E-state index in [1.54, 1.807) is 0 Å². The van der Waals surface area contributed by atoms with E-state index in [9.17, 15) is 4.79 Å². The lowest BCUT2D eigenvalue weighted by atomic mass is 9.98. The maximum atomic E-state index is 13.6. The average molecular weight is 408 g/mol. The van der Waals surface area contributed by atoms with Crippen LogP contribution in [0, 0.1) is 0 Å². The van der Waals surface area contributed by atoms with Crippen molar-refractivity contribution in [2.24, 2.45) is 0 Å². The number of fused-ring (bicyclic) bond motifs is 2. The fraction of sp³-hybridized carbons (Fsp3) is 0.400. The highest BCUT2D eigenvalue weighted by atomic mass is 16.6. The first-order valence-corrected chi connectivity index (χ1v) is 10.7. The molecular weight excluding hydrogens is 380 g/mol. The molecule has 2 heterocycles. The Bertz CT molecular complexity index is 1130. The number of hydrogen-bond acceptors (Lipinski definition) is 5. The average Bonchev–Trinajstić information content (AvgIpc) is 2.74. The number of rotatable bonds is 6. The van der Waals surface area contributed by atoms with Gasteiger partial charge in [-0.3, -0.25) is 4.79 Å². The molecule has 0 bridgehead atoms. The van der Waals surface area contributed by atoms with Crippen LogP contribution in [0.25, 0.3) is 22.1 Å². The topological polar surface area (TPSA) is 57.9 Å². The SMILES string of the molecule is CCCc1cc2c(=O)c(-c3ccc4c(c3)OCCO4)c(CC)oc2cc1OC(C)C. The van der Waals surface area contributed by atoms with Gasteiger partial charge in [-0.25, -0.2) is 0 Å². The van der Waals surface area contributed by atoms with Gasteiger partial charge in [0.1, 0.15) is 30.3 Å². The van der Waals surface area contributed by atoms with Gasteiger partial charge in [0, 0.05) is 12.5 Å². The Morgan fingerprint density at radius 3 is 2.50 bits per heavy atom. The minimum atomic E-state index is -0.0294. The summed E-state index contributed by atoms with van der Waals surface area (Å²) in [5.74, 6) is 2.81. The Balaban J connectivity index is 1.92. The molecule has 1 aliphatic heterocycles. The smallest absolute Gasteiger partial charge is 0.200 e. The van der Waals surface area contributed by atoms with E-state index in [1.165, 1.54) is 0 Å². The van der Waals surface area contributed by atoms with Gasteiger partial charge >= 0.3 is 0 Å². The van der Waals surface area contributed by atoms with Gasteiger partial charge in [0.2, 0.25) is 5.43 Å². The highest BCUT2D eigenvalue weighted by Gasteiger charge is 2.20. The first-order valence-electron chi connectivity index (χ1n) is 10.7. The normalized spacial score (nSPS) is 13.1. The number of aryl methyl sites for hydroxylation is 2. The van der Waals surface area contributed by atoms with Crippen molar-refractivity contribution in [1.82, 2.24) is 0 Å². The number of hydrogen-bond donors (Lipinski definition) is 0. The van der Waals surface area contributed by atoms with E-state index in [1.807, 2.05) is 51.1 Å². The van der Waals surface area contributed by atoms with Crippen molar-refractivity contribution in [3.63, 3.8) is 0 Å². The summed E-state index contributed by atoms with van der Waals surface area (Å²) in [4.78, 5) is 13.6. The molecule has 0 radical (unpaired) electrons. The third kappa shape index (κ3) is 3.76. The largest absolute Gasteiger partial charge is 0.491 e. The maximum Gasteiger partial charge on any atom is 0.200 e. The summed E-state index contributed by atoms with van der Waals surface area (Å²) in [6, 6.07) is 9.43. The molecule has 0 saturated heterocycles. The first-order chi connectivity index (χ1) is 14.5. The standard InChI is InChI=1S/C25H28O5/c1-5-7-16-12-18-22(14-21(16)29-15(3)4)30-19(6-2)24(25(18)26)17-8-9-20-23(13-17)28-11-10-27-20/h8-9,12-15H,5-7,10-11H2,1-4H3. The predicted octanol–water partition coefficient (Wildman–Crippen LogP) is 5.53. The highest BCUT2D eigenvalue weighted by molar-refractivity contribution is 5.85. The fourth-order valence-corrected chi connectivity index (χ4v) is 3.88. The predicted molar refractivity (Wildman–Crippen MR) is 118 cm³/mol. The molecule has 1 aromatic heterocycles. The monoisotopic (exact) mass is 408 g/mol. The van der Waals surface area contributed by atoms with Crippen molar-refractivity contribution in [2.45, 2.75) is 53.1 Å². The quantitative estimate of drug-likeness (QED) is 0.536. The zero-order valence-corrected chi connectivity index (χ0v) is 18.0. The van der Waals surface area contributed by atoms with E-state index in [4.69, 9.17) is 18.6 Å². The minimum absolute atomic E-state index is 0.0294. The van der Waals surface area contributed by atoms with Crippen molar-refractivity contribution in [3.8, 4) is 28.4 Å². The van der Waals surface area contributed by atoms with Crippen molar-refractivity contribution in [1.29, 1.82) is 0 Å². The summed E-state index contributed by atoms with van der Waals surface area (Å²) < 4.78 is 23.6. The maximum absolute atomic E-state index is 13.6. The Morgan fingerprint density at radius 1 is 1.03 bits per heavy atom. The van der Waals surface area contributed by atoms with E-state index in [0.717, 1.165) is 29.7 Å². The van der Waals surface area contributed by atoms with Crippen LogP contribution in [0.4, 0.5) is 0 Å². The molecule has 5 heteroatoms. The van der Waals surface area contributed by atoms with E-state index >= 15 is 0 Å². The van der Waals surface area contributed by atoms with E-state index < -0.39 is 0 Å². The first kappa shape index (κ1) is 20.3. The third-order valence-electron chi connectivity index (χ3n) is 5.18. The molecule has 158 valence electrons. The lowest BCUT2D eigenvalue weighted by molar-refractivity contribution is 0.171. The molecule has 0 N–H and O–H groups in total. The van der Waals surface area contributed by atoms with Crippen LogP contribution in [0.2, 0.25) is 0 Å². The van der Waals surface area contributed by atoms with E-state index in [2.05, 4.69) is 6.92 Å². The summed E-state index contributed by atoms with van der Waals surface area (Å²) in [6.45, 7) is 9.14. The molecule has 0 aliphatic carbocycles. The van der Waals surface area contributed by atoms with Crippen molar-refractivity contribution in [3.05, 3.63) is 51.9 Å². The Morgan fingerprint density at radius 2 is 1.80 bits per heavy atom. The zero-order chi connectivity index (χ0) is 21.3. The lowest BCUT2D eigenvalue weighted by Crippen LogP contribution is -2.16. The highest BCUT2D eigenvalue weighted by Crippen LogP contribution is 2.36. The molecule has 0 fully saturated rings. The Labute approximate surface area is 176 Å². The molecule has 0 unspecified atom stereocenters. The molecule has 1 aliphatic rings. The summed E-state index contributed by atoms with van der Waals surface area (Å²) in [5.41, 5.74) is 2.93. The summed E-state index contributed by atoms with van der Waals surface area (Å²) in [5, 5.41) is 0.580. The van der Waals surface area contributed by atoms with Gasteiger partial charge in [0.25, 0.3) is 0 Å². The van der Waals surface area contributed by atoms with Crippen LogP contribution < -0.4 is 19.6 Å². The van der Waals surface area contributed by atoms with Gasteiger partial charge in [-0.1, -0.05) is 26.3 Å². The number of ether oxygens (including phenoxy) is 3. The van der Waals surface area contributed by atoms with Gasteiger partial charge in [-0.05, 0) is 49.6 Å². The summed E-state index contributed by atoms with van der Waals surface area (Å²) in [6.07, 6.45) is 2.46. The number of benzene rings is 2. The van der Waals surface area contributed by atoms with Crippen LogP contribution in [0.3, 0.4) is 0 Å². The van der Waals surface area contributed by atoms with Crippen molar-refractivity contribution < 1.29 is 18.6 Å². The van der Waals surface area contributed by atoms with Gasteiger partial charge in [0.05, 0.1) is 17.1 Å². The minimum Gasteiger partial charge on any atom is -0.491 e. The van der Waals surface area contributed by atoms with Gasteiger partial charge in [-0.15, -0.1) is 0 Å². The molecule has 0 saturated carbocycles. The molecule has 30 heavy (non-hydrogen) atoms. The molecule has 0 atom stereocenters. The van der Waals surface area contributed by atoms with E-state index in [0.29, 0.717) is 53.4 Å².